The molecule has 1 saturated heterocycles. The maximum absolute atomic E-state index is 13.4. The molecule has 6 nitrogen and oxygen atoms in total. The highest BCUT2D eigenvalue weighted by Gasteiger charge is 2.21. The van der Waals surface area contributed by atoms with Gasteiger partial charge in [0.25, 0.3) is 0 Å². The molecule has 0 saturated carbocycles. The van der Waals surface area contributed by atoms with E-state index in [4.69, 9.17) is 21.3 Å². The summed E-state index contributed by atoms with van der Waals surface area (Å²) in [6.45, 7) is 9.92. The number of amides is 1. The van der Waals surface area contributed by atoms with Gasteiger partial charge in [-0.3, -0.25) is 9.69 Å². The Morgan fingerprint density at radius 2 is 1.88 bits per heavy atom. The van der Waals surface area contributed by atoms with Gasteiger partial charge in [-0.15, -0.1) is 0 Å². The van der Waals surface area contributed by atoms with Crippen LogP contribution in [0.5, 0.6) is 0 Å². The molecular formula is C25H31ClN4O2. The fourth-order valence-corrected chi connectivity index (χ4v) is 4.31. The first-order valence-corrected chi connectivity index (χ1v) is 11.7. The van der Waals surface area contributed by atoms with E-state index in [2.05, 4.69) is 43.0 Å². The van der Waals surface area contributed by atoms with Gasteiger partial charge in [0.15, 0.2) is 0 Å². The number of nitrogens with zero attached hydrogens (tertiary/aromatic N) is 4. The molecule has 32 heavy (non-hydrogen) atoms. The predicted octanol–water partition coefficient (Wildman–Crippen LogP) is 4.08. The quantitative estimate of drug-likeness (QED) is 0.514. The normalized spacial score (nSPS) is 14.7. The zero-order valence-electron chi connectivity index (χ0n) is 18.9. The van der Waals surface area contributed by atoms with Crippen molar-refractivity contribution < 1.29 is 9.53 Å². The van der Waals surface area contributed by atoms with Crippen molar-refractivity contribution in [2.24, 2.45) is 0 Å². The van der Waals surface area contributed by atoms with Crippen molar-refractivity contribution in [3.05, 3.63) is 58.9 Å². The van der Waals surface area contributed by atoms with Crippen LogP contribution in [0.4, 0.5) is 0 Å². The zero-order valence-corrected chi connectivity index (χ0v) is 19.6. The average Bonchev–Trinajstić information content (AvgIpc) is 3.15. The van der Waals surface area contributed by atoms with Crippen molar-refractivity contribution in [2.45, 2.75) is 26.7 Å². The molecule has 2 aromatic heterocycles. The Labute approximate surface area is 194 Å². The monoisotopic (exact) mass is 454 g/mol. The Hall–Kier alpha value is -2.41. The number of carbonyl (C=O) groups excluding carboxylic acids is 1. The molecule has 1 amide bonds. The number of fused-ring (bicyclic) bond motifs is 1. The predicted molar refractivity (Wildman–Crippen MR) is 128 cm³/mol. The van der Waals surface area contributed by atoms with Gasteiger partial charge < -0.3 is 14.0 Å². The van der Waals surface area contributed by atoms with Crippen LogP contribution in [0.2, 0.25) is 5.02 Å². The summed E-state index contributed by atoms with van der Waals surface area (Å²) in [5.41, 5.74) is 4.71. The molecule has 1 aliphatic heterocycles. The minimum absolute atomic E-state index is 0.121. The van der Waals surface area contributed by atoms with Gasteiger partial charge in [-0.25, -0.2) is 4.98 Å². The smallest absolute Gasteiger partial charge is 0.228 e. The van der Waals surface area contributed by atoms with Crippen LogP contribution < -0.4 is 0 Å². The summed E-state index contributed by atoms with van der Waals surface area (Å²) in [5, 5.41) is 0.622. The van der Waals surface area contributed by atoms with Gasteiger partial charge >= 0.3 is 0 Å². The number of carbonyl (C=O) groups is 1. The second-order valence-electron chi connectivity index (χ2n) is 8.36. The molecule has 3 heterocycles. The average molecular weight is 455 g/mol. The van der Waals surface area contributed by atoms with Crippen LogP contribution in [-0.2, 0) is 16.0 Å². The van der Waals surface area contributed by atoms with Crippen molar-refractivity contribution in [1.82, 2.24) is 19.2 Å². The largest absolute Gasteiger partial charge is 0.379 e. The molecule has 0 bridgehead atoms. The third-order valence-electron chi connectivity index (χ3n) is 5.96. The van der Waals surface area contributed by atoms with Crippen LogP contribution in [0.1, 0.15) is 24.6 Å². The summed E-state index contributed by atoms with van der Waals surface area (Å²) in [4.78, 5) is 22.6. The molecule has 0 unspecified atom stereocenters. The Balaban J connectivity index is 1.60. The van der Waals surface area contributed by atoms with Gasteiger partial charge in [0, 0.05) is 44.5 Å². The molecule has 0 atom stereocenters. The molecule has 0 N–H and O–H groups in total. The molecule has 170 valence electrons. The van der Waals surface area contributed by atoms with Crippen LogP contribution in [0.15, 0.2) is 42.6 Å². The fourth-order valence-electron chi connectivity index (χ4n) is 4.15. The van der Waals surface area contributed by atoms with Crippen LogP contribution >= 0.6 is 11.6 Å². The van der Waals surface area contributed by atoms with Gasteiger partial charge in [-0.05, 0) is 25.5 Å². The summed E-state index contributed by atoms with van der Waals surface area (Å²) in [6, 6.07) is 12.0. The van der Waals surface area contributed by atoms with Crippen molar-refractivity contribution >= 4 is 23.2 Å². The van der Waals surface area contributed by atoms with Crippen molar-refractivity contribution in [3.8, 4) is 11.3 Å². The highest BCUT2D eigenvalue weighted by Crippen LogP contribution is 2.27. The number of benzene rings is 1. The van der Waals surface area contributed by atoms with Gasteiger partial charge in [-0.2, -0.15) is 0 Å². The van der Waals surface area contributed by atoms with E-state index in [1.165, 1.54) is 5.56 Å². The van der Waals surface area contributed by atoms with Crippen LogP contribution in [0, 0.1) is 6.92 Å². The number of rotatable bonds is 8. The molecule has 1 aliphatic rings. The number of imidazole rings is 1. The van der Waals surface area contributed by atoms with E-state index in [9.17, 15) is 4.79 Å². The minimum Gasteiger partial charge on any atom is -0.379 e. The van der Waals surface area contributed by atoms with E-state index < -0.39 is 0 Å². The number of aryl methyl sites for hydroxylation is 1. The lowest BCUT2D eigenvalue weighted by molar-refractivity contribution is -0.131. The highest BCUT2D eigenvalue weighted by atomic mass is 35.5. The third-order valence-corrected chi connectivity index (χ3v) is 6.18. The van der Waals surface area contributed by atoms with Crippen LogP contribution in [0.3, 0.4) is 0 Å². The van der Waals surface area contributed by atoms with E-state index in [-0.39, 0.29) is 12.3 Å². The van der Waals surface area contributed by atoms with Gasteiger partial charge in [0.05, 0.1) is 36.0 Å². The fraction of sp³-hybridized carbons (Fsp3) is 0.440. The summed E-state index contributed by atoms with van der Waals surface area (Å²) in [6.07, 6.45) is 3.06. The summed E-state index contributed by atoms with van der Waals surface area (Å²) in [7, 11) is 0. The SMILES string of the molecule is CCCN(CCN1CCOCC1)C(=O)Cc1c(-c2ccc(C)cc2)nc2ccc(Cl)cn12. The minimum atomic E-state index is 0.121. The number of halogens is 1. The molecule has 3 aromatic rings. The van der Waals surface area contributed by atoms with Gasteiger partial charge in [0.1, 0.15) is 5.65 Å². The Bertz CT molecular complexity index is 1060. The number of morpholine rings is 1. The zero-order chi connectivity index (χ0) is 22.5. The number of hydrogen-bond acceptors (Lipinski definition) is 4. The number of pyridine rings is 1. The Morgan fingerprint density at radius 3 is 2.59 bits per heavy atom. The van der Waals surface area contributed by atoms with E-state index in [0.717, 1.165) is 75.0 Å². The number of ether oxygens (including phenoxy) is 1. The van der Waals surface area contributed by atoms with Crippen molar-refractivity contribution in [2.75, 3.05) is 45.9 Å². The Morgan fingerprint density at radius 1 is 1.12 bits per heavy atom. The second-order valence-corrected chi connectivity index (χ2v) is 8.80. The molecule has 7 heteroatoms. The lowest BCUT2D eigenvalue weighted by Gasteiger charge is -2.30. The molecule has 0 aliphatic carbocycles. The van der Waals surface area contributed by atoms with E-state index in [1.54, 1.807) is 0 Å². The molecular weight excluding hydrogens is 424 g/mol. The standard InChI is InChI=1S/C25H31ClN4O2/c1-3-10-29(12-11-28-13-15-32-16-14-28)24(31)17-22-25(20-6-4-19(2)5-7-20)27-23-9-8-21(26)18-30(22)23/h4-9,18H,3,10-17H2,1-2H3. The van der Waals surface area contributed by atoms with Crippen LogP contribution in [-0.4, -0.2) is 71.0 Å². The molecule has 1 aromatic carbocycles. The van der Waals surface area contributed by atoms with Crippen LogP contribution in [0.25, 0.3) is 16.9 Å². The second kappa shape index (κ2) is 10.5. The molecule has 1 fully saturated rings. The van der Waals surface area contributed by atoms with Crippen molar-refractivity contribution in [1.29, 1.82) is 0 Å². The first-order chi connectivity index (χ1) is 15.5. The van der Waals surface area contributed by atoms with E-state index >= 15 is 0 Å². The van der Waals surface area contributed by atoms with Gasteiger partial charge in [0.2, 0.25) is 5.91 Å². The Kier molecular flexibility index (Phi) is 7.45. The summed E-state index contributed by atoms with van der Waals surface area (Å²) >= 11 is 6.29. The van der Waals surface area contributed by atoms with Gasteiger partial charge in [-0.1, -0.05) is 48.4 Å². The molecule has 0 radical (unpaired) electrons. The van der Waals surface area contributed by atoms with E-state index in [1.807, 2.05) is 27.6 Å². The van der Waals surface area contributed by atoms with Crippen molar-refractivity contribution in [3.63, 3.8) is 0 Å². The first kappa shape index (κ1) is 22.8. The number of aromatic nitrogens is 2. The number of hydrogen-bond donors (Lipinski definition) is 0. The maximum atomic E-state index is 13.4. The maximum Gasteiger partial charge on any atom is 0.228 e. The molecule has 0 spiro atoms. The molecule has 4 rings (SSSR count). The summed E-state index contributed by atoms with van der Waals surface area (Å²) < 4.78 is 7.40. The highest BCUT2D eigenvalue weighted by molar-refractivity contribution is 6.30. The van der Waals surface area contributed by atoms with E-state index in [0.29, 0.717) is 5.02 Å². The topological polar surface area (TPSA) is 50.1 Å². The lowest BCUT2D eigenvalue weighted by Crippen LogP contribution is -2.43. The lowest BCUT2D eigenvalue weighted by atomic mass is 10.1. The third kappa shape index (κ3) is 5.31. The first-order valence-electron chi connectivity index (χ1n) is 11.4. The summed E-state index contributed by atoms with van der Waals surface area (Å²) in [5.74, 6) is 0.121.